The molecule has 0 aliphatic heterocycles. The molecule has 2 rings (SSSR count). The minimum atomic E-state index is -0.380. The van der Waals surface area contributed by atoms with Gasteiger partial charge in [-0.05, 0) is 18.6 Å². The molecule has 0 spiro atoms. The van der Waals surface area contributed by atoms with Crippen LogP contribution in [0.3, 0.4) is 0 Å². The van der Waals surface area contributed by atoms with Crippen LogP contribution in [0.2, 0.25) is 0 Å². The molecule has 0 saturated heterocycles. The number of ether oxygens (including phenoxy) is 1. The van der Waals surface area contributed by atoms with E-state index in [1.807, 2.05) is 24.3 Å². The maximum atomic E-state index is 10.8. The zero-order valence-electron chi connectivity index (χ0n) is 9.89. The summed E-state index contributed by atoms with van der Waals surface area (Å²) in [5.74, 6) is -0.380. The van der Waals surface area contributed by atoms with Crippen molar-refractivity contribution in [2.45, 2.75) is 6.42 Å². The number of nitrogens with zero attached hydrogens (tertiary/aromatic N) is 1. The van der Waals surface area contributed by atoms with Gasteiger partial charge in [-0.1, -0.05) is 30.0 Å². The number of esters is 1. The molecule has 0 amide bonds. The summed E-state index contributed by atoms with van der Waals surface area (Å²) in [5, 5.41) is 4.11. The molecule has 5 heteroatoms. The van der Waals surface area contributed by atoms with E-state index in [1.54, 1.807) is 11.3 Å². The van der Waals surface area contributed by atoms with Gasteiger partial charge < -0.3 is 10.1 Å². The molecule has 4 nitrogen and oxygen atoms in total. The van der Waals surface area contributed by atoms with Crippen molar-refractivity contribution >= 4 is 32.7 Å². The van der Waals surface area contributed by atoms with Gasteiger partial charge >= 0.3 is 5.97 Å². The first-order valence-electron chi connectivity index (χ1n) is 5.68. The molecule has 0 saturated carbocycles. The second-order valence-corrected chi connectivity index (χ2v) is 4.67. The highest BCUT2D eigenvalue weighted by Gasteiger charge is 2.02. The smallest absolute Gasteiger partial charge is 0.330 e. The summed E-state index contributed by atoms with van der Waals surface area (Å²) in [6.07, 6.45) is 1.91. The number of hydrogen-bond acceptors (Lipinski definition) is 5. The summed E-state index contributed by atoms with van der Waals surface area (Å²) in [5.41, 5.74) is 1.00. The number of thiazole rings is 1. The van der Waals surface area contributed by atoms with Crippen molar-refractivity contribution in [1.82, 2.24) is 4.98 Å². The average molecular weight is 262 g/mol. The maximum absolute atomic E-state index is 10.8. The van der Waals surface area contributed by atoms with E-state index in [0.29, 0.717) is 6.61 Å². The summed E-state index contributed by atoms with van der Waals surface area (Å²) < 4.78 is 6.04. The number of aromatic nitrogens is 1. The maximum Gasteiger partial charge on any atom is 0.330 e. The topological polar surface area (TPSA) is 51.2 Å². The Hall–Kier alpha value is -1.88. The van der Waals surface area contributed by atoms with Crippen LogP contribution in [0.15, 0.2) is 36.9 Å². The third-order valence-electron chi connectivity index (χ3n) is 2.30. The molecule has 0 radical (unpaired) electrons. The van der Waals surface area contributed by atoms with Crippen LogP contribution in [0.4, 0.5) is 5.13 Å². The van der Waals surface area contributed by atoms with E-state index in [9.17, 15) is 4.79 Å². The lowest BCUT2D eigenvalue weighted by molar-refractivity contribution is -0.137. The first kappa shape index (κ1) is 12.6. The van der Waals surface area contributed by atoms with Gasteiger partial charge in [0.25, 0.3) is 0 Å². The van der Waals surface area contributed by atoms with Gasteiger partial charge in [0, 0.05) is 12.6 Å². The third kappa shape index (κ3) is 3.30. The van der Waals surface area contributed by atoms with Crippen molar-refractivity contribution in [1.29, 1.82) is 0 Å². The zero-order valence-corrected chi connectivity index (χ0v) is 10.7. The molecule has 94 valence electrons. The fraction of sp³-hybridized carbons (Fsp3) is 0.231. The number of para-hydroxylation sites is 1. The summed E-state index contributed by atoms with van der Waals surface area (Å²) >= 11 is 1.62. The highest BCUT2D eigenvalue weighted by molar-refractivity contribution is 7.22. The molecule has 1 aromatic carbocycles. The molecule has 0 atom stereocenters. The summed E-state index contributed by atoms with van der Waals surface area (Å²) in [6.45, 7) is 4.45. The lowest BCUT2D eigenvalue weighted by Crippen LogP contribution is -2.08. The number of hydrogen-bond donors (Lipinski definition) is 1. The van der Waals surface area contributed by atoms with Crippen molar-refractivity contribution in [3.63, 3.8) is 0 Å². The van der Waals surface area contributed by atoms with Gasteiger partial charge in [-0.2, -0.15) is 0 Å². The molecule has 0 aliphatic rings. The van der Waals surface area contributed by atoms with Crippen LogP contribution < -0.4 is 5.32 Å². The quantitative estimate of drug-likeness (QED) is 0.494. The van der Waals surface area contributed by atoms with Crippen LogP contribution in [0.1, 0.15) is 6.42 Å². The normalized spacial score (nSPS) is 10.2. The largest absolute Gasteiger partial charge is 0.462 e. The predicted molar refractivity (Wildman–Crippen MR) is 73.9 cm³/mol. The second kappa shape index (κ2) is 6.16. The lowest BCUT2D eigenvalue weighted by atomic mass is 10.3. The molecule has 1 N–H and O–H groups in total. The van der Waals surface area contributed by atoms with Crippen molar-refractivity contribution in [3.05, 3.63) is 36.9 Å². The standard InChI is InChI=1S/C13H14N2O2S/c1-2-12(16)17-9-5-8-14-13-15-10-6-3-4-7-11(10)18-13/h2-4,6-7H,1,5,8-9H2,(H,14,15). The predicted octanol–water partition coefficient (Wildman–Crippen LogP) is 2.83. The molecular weight excluding hydrogens is 248 g/mol. The molecule has 0 aliphatic carbocycles. The zero-order chi connectivity index (χ0) is 12.8. The Morgan fingerprint density at radius 3 is 3.11 bits per heavy atom. The van der Waals surface area contributed by atoms with E-state index in [-0.39, 0.29) is 5.97 Å². The van der Waals surface area contributed by atoms with E-state index in [1.165, 1.54) is 6.08 Å². The van der Waals surface area contributed by atoms with E-state index < -0.39 is 0 Å². The van der Waals surface area contributed by atoms with Crippen molar-refractivity contribution in [2.75, 3.05) is 18.5 Å². The average Bonchev–Trinajstić information content (AvgIpc) is 2.80. The number of carbonyl (C=O) groups is 1. The molecule has 0 unspecified atom stereocenters. The van der Waals surface area contributed by atoms with Crippen LogP contribution in [-0.2, 0) is 9.53 Å². The Balaban J connectivity index is 1.76. The Morgan fingerprint density at radius 2 is 2.33 bits per heavy atom. The highest BCUT2D eigenvalue weighted by Crippen LogP contribution is 2.25. The van der Waals surface area contributed by atoms with Gasteiger partial charge in [-0.3, -0.25) is 0 Å². The van der Waals surface area contributed by atoms with Gasteiger partial charge in [0.05, 0.1) is 16.8 Å². The SMILES string of the molecule is C=CC(=O)OCCCNc1nc2ccccc2s1. The highest BCUT2D eigenvalue weighted by atomic mass is 32.1. The summed E-state index contributed by atoms with van der Waals surface area (Å²) in [6, 6.07) is 8.01. The van der Waals surface area contributed by atoms with E-state index >= 15 is 0 Å². The molecule has 2 aromatic rings. The van der Waals surface area contributed by atoms with Gasteiger partial charge in [0.2, 0.25) is 0 Å². The van der Waals surface area contributed by atoms with Crippen molar-refractivity contribution < 1.29 is 9.53 Å². The molecule has 0 bridgehead atoms. The molecule has 0 fully saturated rings. The van der Waals surface area contributed by atoms with Gasteiger partial charge in [0.15, 0.2) is 5.13 Å². The Bertz CT molecular complexity index is 518. The molecule has 1 aromatic heterocycles. The molecule has 18 heavy (non-hydrogen) atoms. The fourth-order valence-corrected chi connectivity index (χ4v) is 2.34. The van der Waals surface area contributed by atoms with Crippen molar-refractivity contribution in [2.24, 2.45) is 0 Å². The van der Waals surface area contributed by atoms with E-state index in [2.05, 4.69) is 16.9 Å². The first-order valence-corrected chi connectivity index (χ1v) is 6.50. The Labute approximate surface area is 109 Å². The number of fused-ring (bicyclic) bond motifs is 1. The minimum absolute atomic E-state index is 0.380. The van der Waals surface area contributed by atoms with Crippen LogP contribution in [0.25, 0.3) is 10.2 Å². The Morgan fingerprint density at radius 1 is 1.50 bits per heavy atom. The van der Waals surface area contributed by atoms with Crippen molar-refractivity contribution in [3.8, 4) is 0 Å². The van der Waals surface area contributed by atoms with E-state index in [4.69, 9.17) is 4.74 Å². The first-order chi connectivity index (χ1) is 8.79. The summed E-state index contributed by atoms with van der Waals surface area (Å²) in [4.78, 5) is 15.2. The molecule has 1 heterocycles. The minimum Gasteiger partial charge on any atom is -0.462 e. The van der Waals surface area contributed by atoms with Crippen LogP contribution in [0, 0.1) is 0 Å². The number of carbonyl (C=O) groups excluding carboxylic acids is 1. The van der Waals surface area contributed by atoms with Crippen LogP contribution >= 0.6 is 11.3 Å². The Kier molecular flexibility index (Phi) is 4.30. The lowest BCUT2D eigenvalue weighted by Gasteiger charge is -2.02. The second-order valence-electron chi connectivity index (χ2n) is 3.64. The number of rotatable bonds is 6. The number of nitrogens with one attached hydrogen (secondary N) is 1. The number of anilines is 1. The molecular formula is C13H14N2O2S. The third-order valence-corrected chi connectivity index (χ3v) is 3.30. The fourth-order valence-electron chi connectivity index (χ4n) is 1.45. The number of benzene rings is 1. The van der Waals surface area contributed by atoms with Gasteiger partial charge in [0.1, 0.15) is 0 Å². The monoisotopic (exact) mass is 262 g/mol. The van der Waals surface area contributed by atoms with Crippen LogP contribution in [-0.4, -0.2) is 24.1 Å². The van der Waals surface area contributed by atoms with E-state index in [0.717, 1.165) is 28.3 Å². The van der Waals surface area contributed by atoms with Gasteiger partial charge in [-0.15, -0.1) is 0 Å². The summed E-state index contributed by atoms with van der Waals surface area (Å²) in [7, 11) is 0. The van der Waals surface area contributed by atoms with Gasteiger partial charge in [-0.25, -0.2) is 9.78 Å². The van der Waals surface area contributed by atoms with Crippen LogP contribution in [0.5, 0.6) is 0 Å².